The molecule has 0 aliphatic carbocycles. The van der Waals surface area contributed by atoms with Gasteiger partial charge in [0.25, 0.3) is 0 Å². The monoisotopic (exact) mass is 309 g/mol. The Labute approximate surface area is 115 Å². The minimum absolute atomic E-state index is 0.0264. The maximum absolute atomic E-state index is 5.65. The highest BCUT2D eigenvalue weighted by Gasteiger charge is 2.16. The summed E-state index contributed by atoms with van der Waals surface area (Å²) in [4.78, 5) is 4.15. The van der Waals surface area contributed by atoms with Gasteiger partial charge in [-0.1, -0.05) is 0 Å². The van der Waals surface area contributed by atoms with E-state index in [0.29, 0.717) is 0 Å². The van der Waals surface area contributed by atoms with E-state index in [2.05, 4.69) is 26.3 Å². The summed E-state index contributed by atoms with van der Waals surface area (Å²) in [6.07, 6.45) is 4.38. The van der Waals surface area contributed by atoms with E-state index in [0.717, 1.165) is 33.5 Å². The van der Waals surface area contributed by atoms with E-state index >= 15 is 0 Å². The minimum Gasteiger partial charge on any atom is -0.466 e. The van der Waals surface area contributed by atoms with Gasteiger partial charge in [-0.3, -0.25) is 16.3 Å². The molecule has 96 valence electrons. The van der Waals surface area contributed by atoms with Crippen molar-refractivity contribution in [2.45, 2.75) is 26.3 Å². The van der Waals surface area contributed by atoms with Crippen molar-refractivity contribution in [3.63, 3.8) is 0 Å². The Bertz CT molecular complexity index is 539. The summed E-state index contributed by atoms with van der Waals surface area (Å²) in [6, 6.07) is 4.09. The molecule has 2 aromatic heterocycles. The Hall–Kier alpha value is -1.17. The summed E-state index contributed by atoms with van der Waals surface area (Å²) >= 11 is 3.42. The van der Waals surface area contributed by atoms with Crippen molar-refractivity contribution in [1.82, 2.24) is 10.4 Å². The van der Waals surface area contributed by atoms with E-state index in [4.69, 9.17) is 10.3 Å². The van der Waals surface area contributed by atoms with Gasteiger partial charge in [0.2, 0.25) is 0 Å². The first-order chi connectivity index (χ1) is 8.60. The normalized spacial score (nSPS) is 12.7. The lowest BCUT2D eigenvalue weighted by molar-refractivity contribution is 0.484. The first-order valence-electron chi connectivity index (χ1n) is 5.72. The molecule has 2 aromatic rings. The van der Waals surface area contributed by atoms with Crippen molar-refractivity contribution in [2.24, 2.45) is 5.84 Å². The van der Waals surface area contributed by atoms with Crippen LogP contribution in [-0.4, -0.2) is 4.98 Å². The van der Waals surface area contributed by atoms with Crippen LogP contribution in [0.5, 0.6) is 0 Å². The molecule has 0 aromatic carbocycles. The standard InChI is InChI=1S/C13H16BrN3O/c1-8-3-12(9(2)18-8)13(17-15)5-10-4-11(14)7-16-6-10/h3-4,6-7,13,17H,5,15H2,1-2H3. The Kier molecular flexibility index (Phi) is 4.16. The lowest BCUT2D eigenvalue weighted by Crippen LogP contribution is -2.29. The molecule has 0 aliphatic rings. The number of hydrazine groups is 1. The first-order valence-corrected chi connectivity index (χ1v) is 6.52. The summed E-state index contributed by atoms with van der Waals surface area (Å²) in [6.45, 7) is 3.89. The summed E-state index contributed by atoms with van der Waals surface area (Å²) in [5.41, 5.74) is 5.05. The van der Waals surface area contributed by atoms with Crippen molar-refractivity contribution >= 4 is 15.9 Å². The van der Waals surface area contributed by atoms with Crippen LogP contribution in [-0.2, 0) is 6.42 Å². The van der Waals surface area contributed by atoms with Gasteiger partial charge in [-0.05, 0) is 53.9 Å². The highest BCUT2D eigenvalue weighted by Crippen LogP contribution is 2.24. The van der Waals surface area contributed by atoms with E-state index in [9.17, 15) is 0 Å². The lowest BCUT2D eigenvalue weighted by atomic mass is 10.0. The topological polar surface area (TPSA) is 64.1 Å². The Morgan fingerprint density at radius 2 is 2.17 bits per heavy atom. The van der Waals surface area contributed by atoms with Gasteiger partial charge in [0.1, 0.15) is 11.5 Å². The number of rotatable bonds is 4. The fourth-order valence-electron chi connectivity index (χ4n) is 2.06. The highest BCUT2D eigenvalue weighted by atomic mass is 79.9. The minimum atomic E-state index is 0.0264. The number of hydrogen-bond donors (Lipinski definition) is 2. The number of nitrogens with two attached hydrogens (primary N) is 1. The Morgan fingerprint density at radius 3 is 2.72 bits per heavy atom. The third kappa shape index (κ3) is 2.98. The number of nitrogens with zero attached hydrogens (tertiary/aromatic N) is 1. The summed E-state index contributed by atoms with van der Waals surface area (Å²) in [5.74, 6) is 7.44. The molecule has 4 nitrogen and oxygen atoms in total. The maximum atomic E-state index is 5.65. The number of furan rings is 1. The van der Waals surface area contributed by atoms with Crippen LogP contribution in [0.1, 0.15) is 28.7 Å². The van der Waals surface area contributed by atoms with E-state index in [-0.39, 0.29) is 6.04 Å². The van der Waals surface area contributed by atoms with Gasteiger partial charge in [-0.15, -0.1) is 0 Å². The van der Waals surface area contributed by atoms with E-state index < -0.39 is 0 Å². The third-order valence-corrected chi connectivity index (χ3v) is 3.29. The smallest absolute Gasteiger partial charge is 0.105 e. The summed E-state index contributed by atoms with van der Waals surface area (Å²) < 4.78 is 6.51. The number of halogens is 1. The van der Waals surface area contributed by atoms with Crippen LogP contribution in [0.3, 0.4) is 0 Å². The van der Waals surface area contributed by atoms with Gasteiger partial charge in [-0.25, -0.2) is 0 Å². The number of nitrogens with one attached hydrogen (secondary N) is 1. The first kappa shape index (κ1) is 13.3. The van der Waals surface area contributed by atoms with E-state index in [1.54, 1.807) is 6.20 Å². The van der Waals surface area contributed by atoms with E-state index in [1.807, 2.05) is 32.2 Å². The Balaban J connectivity index is 2.22. The van der Waals surface area contributed by atoms with Crippen molar-refractivity contribution in [2.75, 3.05) is 0 Å². The number of hydrogen-bond acceptors (Lipinski definition) is 4. The van der Waals surface area contributed by atoms with Crippen LogP contribution in [0.2, 0.25) is 0 Å². The van der Waals surface area contributed by atoms with Crippen LogP contribution in [0.25, 0.3) is 0 Å². The second-order valence-corrected chi connectivity index (χ2v) is 5.22. The molecule has 0 fully saturated rings. The van der Waals surface area contributed by atoms with Crippen LogP contribution >= 0.6 is 15.9 Å². The van der Waals surface area contributed by atoms with Gasteiger partial charge in [-0.2, -0.15) is 0 Å². The molecular formula is C13H16BrN3O. The van der Waals surface area contributed by atoms with Gasteiger partial charge in [0.05, 0.1) is 6.04 Å². The van der Waals surface area contributed by atoms with Crippen LogP contribution < -0.4 is 11.3 Å². The average Bonchev–Trinajstić information content (AvgIpc) is 2.65. The van der Waals surface area contributed by atoms with Crippen molar-refractivity contribution in [3.8, 4) is 0 Å². The molecule has 0 saturated carbocycles. The Morgan fingerprint density at radius 1 is 1.39 bits per heavy atom. The molecule has 2 rings (SSSR count). The third-order valence-electron chi connectivity index (χ3n) is 2.86. The van der Waals surface area contributed by atoms with Crippen LogP contribution in [0.4, 0.5) is 0 Å². The molecule has 0 saturated heterocycles. The van der Waals surface area contributed by atoms with Gasteiger partial charge in [0.15, 0.2) is 0 Å². The lowest BCUT2D eigenvalue weighted by Gasteiger charge is -2.15. The zero-order valence-electron chi connectivity index (χ0n) is 10.4. The predicted octanol–water partition coefficient (Wildman–Crippen LogP) is 2.80. The van der Waals surface area contributed by atoms with E-state index in [1.165, 1.54) is 0 Å². The average molecular weight is 310 g/mol. The second kappa shape index (κ2) is 5.65. The zero-order valence-corrected chi connectivity index (χ0v) is 12.0. The fourth-order valence-corrected chi connectivity index (χ4v) is 2.47. The fraction of sp³-hybridized carbons (Fsp3) is 0.308. The van der Waals surface area contributed by atoms with Gasteiger partial charge in [0, 0.05) is 22.4 Å². The number of pyridine rings is 1. The molecule has 1 unspecified atom stereocenters. The second-order valence-electron chi connectivity index (χ2n) is 4.30. The summed E-state index contributed by atoms with van der Waals surface area (Å²) in [7, 11) is 0. The number of aromatic nitrogens is 1. The van der Waals surface area contributed by atoms with Crippen LogP contribution in [0, 0.1) is 13.8 Å². The maximum Gasteiger partial charge on any atom is 0.105 e. The predicted molar refractivity (Wildman–Crippen MR) is 73.9 cm³/mol. The zero-order chi connectivity index (χ0) is 13.1. The quantitative estimate of drug-likeness (QED) is 0.673. The molecule has 18 heavy (non-hydrogen) atoms. The molecule has 1 atom stereocenters. The molecule has 5 heteroatoms. The van der Waals surface area contributed by atoms with Crippen molar-refractivity contribution in [3.05, 3.63) is 51.6 Å². The molecule has 3 N–H and O–H groups in total. The van der Waals surface area contributed by atoms with Gasteiger partial charge < -0.3 is 4.42 Å². The van der Waals surface area contributed by atoms with Gasteiger partial charge >= 0.3 is 0 Å². The largest absolute Gasteiger partial charge is 0.466 e. The molecule has 0 bridgehead atoms. The molecular weight excluding hydrogens is 294 g/mol. The highest BCUT2D eigenvalue weighted by molar-refractivity contribution is 9.10. The molecule has 0 spiro atoms. The van der Waals surface area contributed by atoms with Crippen molar-refractivity contribution < 1.29 is 4.42 Å². The molecule has 0 amide bonds. The molecule has 0 aliphatic heterocycles. The molecule has 2 heterocycles. The van der Waals surface area contributed by atoms with Crippen molar-refractivity contribution in [1.29, 1.82) is 0 Å². The SMILES string of the molecule is Cc1cc(C(Cc2cncc(Br)c2)NN)c(C)o1. The number of aryl methyl sites for hydroxylation is 2. The summed E-state index contributed by atoms with van der Waals surface area (Å²) in [5, 5.41) is 0. The van der Waals surface area contributed by atoms with Crippen LogP contribution in [0.15, 0.2) is 33.4 Å². The molecule has 0 radical (unpaired) electrons.